The molecule has 0 unspecified atom stereocenters. The van der Waals surface area contributed by atoms with Crippen molar-refractivity contribution < 1.29 is 14.3 Å². The lowest BCUT2D eigenvalue weighted by Crippen LogP contribution is -2.32. The Bertz CT molecular complexity index is 393. The Labute approximate surface area is 117 Å². The molecular weight excluding hydrogens is 264 g/mol. The minimum absolute atomic E-state index is 0.0664. The Morgan fingerprint density at radius 1 is 1.47 bits per heavy atom. The molecule has 0 aliphatic heterocycles. The molecule has 0 radical (unpaired) electrons. The highest BCUT2D eigenvalue weighted by Gasteiger charge is 2.17. The standard InChI is InChI=1S/C13H20N2O3S/c1-10(16)15-11(12-5-3-8-19-12)9-13(17)14-6-4-7-18-2/h3,5,8,11H,4,6-7,9H2,1-2H3,(H,14,17)(H,15,16)/t11-/m1/s1. The molecule has 0 saturated heterocycles. The summed E-state index contributed by atoms with van der Waals surface area (Å²) in [7, 11) is 1.63. The average molecular weight is 284 g/mol. The SMILES string of the molecule is COCCCNC(=O)C[C@@H](NC(C)=O)c1cccs1. The first kappa shape index (κ1) is 15.7. The predicted octanol–water partition coefficient (Wildman–Crippen LogP) is 1.47. The Morgan fingerprint density at radius 3 is 2.84 bits per heavy atom. The predicted molar refractivity (Wildman–Crippen MR) is 75.0 cm³/mol. The van der Waals surface area contributed by atoms with Gasteiger partial charge in [-0.1, -0.05) is 6.07 Å². The van der Waals surface area contributed by atoms with Gasteiger partial charge < -0.3 is 15.4 Å². The molecule has 1 aromatic heterocycles. The molecule has 1 heterocycles. The maximum atomic E-state index is 11.8. The quantitative estimate of drug-likeness (QED) is 0.710. The molecule has 2 amide bonds. The van der Waals surface area contributed by atoms with E-state index in [1.807, 2.05) is 17.5 Å². The van der Waals surface area contributed by atoms with Crippen LogP contribution in [0, 0.1) is 0 Å². The smallest absolute Gasteiger partial charge is 0.222 e. The molecule has 0 bridgehead atoms. The van der Waals surface area contributed by atoms with E-state index in [4.69, 9.17) is 4.74 Å². The molecule has 1 aromatic rings. The maximum absolute atomic E-state index is 11.8. The molecule has 0 saturated carbocycles. The van der Waals surface area contributed by atoms with Gasteiger partial charge in [0.25, 0.3) is 0 Å². The van der Waals surface area contributed by atoms with Gasteiger partial charge in [-0.2, -0.15) is 0 Å². The van der Waals surface area contributed by atoms with E-state index in [2.05, 4.69) is 10.6 Å². The van der Waals surface area contributed by atoms with Crippen molar-refractivity contribution in [1.29, 1.82) is 0 Å². The largest absolute Gasteiger partial charge is 0.385 e. The van der Waals surface area contributed by atoms with Crippen molar-refractivity contribution >= 4 is 23.2 Å². The first-order chi connectivity index (χ1) is 9.13. The summed E-state index contributed by atoms with van der Waals surface area (Å²) in [6.45, 7) is 2.67. The Kier molecular flexibility index (Phi) is 7.14. The Balaban J connectivity index is 2.44. The topological polar surface area (TPSA) is 67.4 Å². The minimum atomic E-state index is -0.250. The van der Waals surface area contributed by atoms with E-state index in [-0.39, 0.29) is 24.3 Å². The third-order valence-electron chi connectivity index (χ3n) is 2.50. The summed E-state index contributed by atoms with van der Waals surface area (Å²) in [5.41, 5.74) is 0. The summed E-state index contributed by atoms with van der Waals surface area (Å²) in [6.07, 6.45) is 1.04. The second-order valence-electron chi connectivity index (χ2n) is 4.17. The molecular formula is C13H20N2O3S. The number of methoxy groups -OCH3 is 1. The van der Waals surface area contributed by atoms with Gasteiger partial charge in [0.2, 0.25) is 11.8 Å². The van der Waals surface area contributed by atoms with Crippen LogP contribution in [0.15, 0.2) is 17.5 Å². The highest BCUT2D eigenvalue weighted by Crippen LogP contribution is 2.21. The normalized spacial score (nSPS) is 11.9. The Hall–Kier alpha value is -1.40. The fourth-order valence-corrected chi connectivity index (χ4v) is 2.44. The van der Waals surface area contributed by atoms with Gasteiger partial charge in [-0.25, -0.2) is 0 Å². The van der Waals surface area contributed by atoms with Crippen LogP contribution in [0.4, 0.5) is 0 Å². The first-order valence-electron chi connectivity index (χ1n) is 6.19. The summed E-state index contributed by atoms with van der Waals surface area (Å²) in [4.78, 5) is 24.0. The van der Waals surface area contributed by atoms with E-state index in [9.17, 15) is 9.59 Å². The van der Waals surface area contributed by atoms with Crippen LogP contribution in [-0.4, -0.2) is 32.1 Å². The van der Waals surface area contributed by atoms with Crippen LogP contribution in [0.25, 0.3) is 0 Å². The van der Waals surface area contributed by atoms with Crippen molar-refractivity contribution in [3.63, 3.8) is 0 Å². The second-order valence-corrected chi connectivity index (χ2v) is 5.15. The van der Waals surface area contributed by atoms with Crippen molar-refractivity contribution in [2.45, 2.75) is 25.8 Å². The van der Waals surface area contributed by atoms with Crippen LogP contribution in [0.3, 0.4) is 0 Å². The van der Waals surface area contributed by atoms with E-state index in [1.54, 1.807) is 7.11 Å². The van der Waals surface area contributed by atoms with Crippen molar-refractivity contribution in [2.24, 2.45) is 0 Å². The number of thiophene rings is 1. The van der Waals surface area contributed by atoms with Gasteiger partial charge in [-0.05, 0) is 17.9 Å². The number of hydrogen-bond acceptors (Lipinski definition) is 4. The van der Waals surface area contributed by atoms with Crippen molar-refractivity contribution in [2.75, 3.05) is 20.3 Å². The van der Waals surface area contributed by atoms with Gasteiger partial charge in [0.05, 0.1) is 12.5 Å². The molecule has 6 heteroatoms. The van der Waals surface area contributed by atoms with Crippen LogP contribution < -0.4 is 10.6 Å². The summed E-state index contributed by atoms with van der Waals surface area (Å²) < 4.78 is 4.91. The van der Waals surface area contributed by atoms with Gasteiger partial charge in [-0.3, -0.25) is 9.59 Å². The first-order valence-corrected chi connectivity index (χ1v) is 7.07. The number of rotatable bonds is 8. The zero-order valence-corrected chi connectivity index (χ0v) is 12.1. The molecule has 2 N–H and O–H groups in total. The number of carbonyl (C=O) groups excluding carboxylic acids is 2. The number of carbonyl (C=O) groups is 2. The molecule has 0 fully saturated rings. The van der Waals surface area contributed by atoms with Gasteiger partial charge in [0, 0.05) is 32.1 Å². The van der Waals surface area contributed by atoms with E-state index in [0.717, 1.165) is 11.3 Å². The minimum Gasteiger partial charge on any atom is -0.385 e. The van der Waals surface area contributed by atoms with Gasteiger partial charge in [0.15, 0.2) is 0 Å². The van der Waals surface area contributed by atoms with E-state index in [1.165, 1.54) is 18.3 Å². The molecule has 0 aliphatic carbocycles. The monoisotopic (exact) mass is 284 g/mol. The summed E-state index contributed by atoms with van der Waals surface area (Å²) in [5, 5.41) is 7.55. The van der Waals surface area contributed by atoms with Crippen LogP contribution in [0.5, 0.6) is 0 Å². The number of hydrogen-bond donors (Lipinski definition) is 2. The van der Waals surface area contributed by atoms with Gasteiger partial charge >= 0.3 is 0 Å². The van der Waals surface area contributed by atoms with E-state index in [0.29, 0.717) is 13.2 Å². The zero-order valence-electron chi connectivity index (χ0n) is 11.3. The lowest BCUT2D eigenvalue weighted by Gasteiger charge is -2.16. The van der Waals surface area contributed by atoms with Crippen molar-refractivity contribution in [3.8, 4) is 0 Å². The zero-order chi connectivity index (χ0) is 14.1. The van der Waals surface area contributed by atoms with Crippen molar-refractivity contribution in [3.05, 3.63) is 22.4 Å². The molecule has 0 aliphatic rings. The summed E-state index contributed by atoms with van der Waals surface area (Å²) in [5.74, 6) is -0.200. The summed E-state index contributed by atoms with van der Waals surface area (Å²) in [6, 6.07) is 3.58. The maximum Gasteiger partial charge on any atom is 0.222 e. The lowest BCUT2D eigenvalue weighted by atomic mass is 10.1. The van der Waals surface area contributed by atoms with Crippen LogP contribution in [0.2, 0.25) is 0 Å². The van der Waals surface area contributed by atoms with Crippen LogP contribution in [0.1, 0.15) is 30.7 Å². The third-order valence-corrected chi connectivity index (χ3v) is 3.49. The number of ether oxygens (including phenoxy) is 1. The molecule has 1 rings (SSSR count). The summed E-state index contributed by atoms with van der Waals surface area (Å²) >= 11 is 1.53. The molecule has 19 heavy (non-hydrogen) atoms. The van der Waals surface area contributed by atoms with Gasteiger partial charge in [-0.15, -0.1) is 11.3 Å². The molecule has 0 aromatic carbocycles. The molecule has 0 spiro atoms. The fourth-order valence-electron chi connectivity index (χ4n) is 1.66. The van der Waals surface area contributed by atoms with Crippen molar-refractivity contribution in [1.82, 2.24) is 10.6 Å². The average Bonchev–Trinajstić information content (AvgIpc) is 2.87. The molecule has 106 valence electrons. The lowest BCUT2D eigenvalue weighted by molar-refractivity contribution is -0.122. The number of amides is 2. The van der Waals surface area contributed by atoms with Crippen LogP contribution in [-0.2, 0) is 14.3 Å². The Morgan fingerprint density at radius 2 is 2.26 bits per heavy atom. The van der Waals surface area contributed by atoms with Crippen LogP contribution >= 0.6 is 11.3 Å². The van der Waals surface area contributed by atoms with E-state index >= 15 is 0 Å². The number of nitrogens with one attached hydrogen (secondary N) is 2. The molecule has 1 atom stereocenters. The third kappa shape index (κ3) is 6.35. The fraction of sp³-hybridized carbons (Fsp3) is 0.538. The van der Waals surface area contributed by atoms with E-state index < -0.39 is 0 Å². The highest BCUT2D eigenvalue weighted by molar-refractivity contribution is 7.10. The van der Waals surface area contributed by atoms with Gasteiger partial charge in [0.1, 0.15) is 0 Å². The second kappa shape index (κ2) is 8.66. The molecule has 5 nitrogen and oxygen atoms in total. The highest BCUT2D eigenvalue weighted by atomic mass is 32.1.